The zero-order valence-corrected chi connectivity index (χ0v) is 15.1. The molecule has 0 radical (unpaired) electrons. The summed E-state index contributed by atoms with van der Waals surface area (Å²) < 4.78 is 16.1. The molecule has 3 unspecified atom stereocenters. The Labute approximate surface area is 148 Å². The maximum absolute atomic E-state index is 12.3. The van der Waals surface area contributed by atoms with Crippen LogP contribution >= 0.6 is 0 Å². The summed E-state index contributed by atoms with van der Waals surface area (Å²) in [7, 11) is 0. The van der Waals surface area contributed by atoms with Crippen LogP contribution in [0.1, 0.15) is 26.7 Å². The number of nitrogens with zero attached hydrogens (tertiary/aromatic N) is 2. The number of piperidine rings is 2. The van der Waals surface area contributed by atoms with Crippen molar-refractivity contribution in [3.05, 3.63) is 0 Å². The number of carbonyl (C=O) groups excluding carboxylic acids is 2. The quantitative estimate of drug-likeness (QED) is 0.706. The fraction of sp³-hybridized carbons (Fsp3) is 0.889. The first-order valence-corrected chi connectivity index (χ1v) is 9.57. The number of fused-ring (bicyclic) bond motifs is 3. The lowest BCUT2D eigenvalue weighted by molar-refractivity contribution is -0.146. The highest BCUT2D eigenvalue weighted by atomic mass is 16.6. The molecule has 3 aliphatic heterocycles. The highest BCUT2D eigenvalue weighted by Gasteiger charge is 2.61. The first-order valence-electron chi connectivity index (χ1n) is 9.57. The Morgan fingerprint density at radius 1 is 0.960 bits per heavy atom. The van der Waals surface area contributed by atoms with Gasteiger partial charge >= 0.3 is 12.1 Å². The minimum atomic E-state index is -0.203. The van der Waals surface area contributed by atoms with E-state index in [1.807, 2.05) is 18.7 Å². The molecule has 4 rings (SSSR count). The number of esters is 1. The maximum atomic E-state index is 12.3. The molecule has 1 saturated carbocycles. The van der Waals surface area contributed by atoms with Gasteiger partial charge in [0.2, 0.25) is 0 Å². The number of rotatable bonds is 4. The molecule has 0 aromatic carbocycles. The Hall–Kier alpha value is -1.34. The summed E-state index contributed by atoms with van der Waals surface area (Å²) in [6, 6.07) is 0.684. The van der Waals surface area contributed by atoms with Crippen molar-refractivity contribution in [3.63, 3.8) is 0 Å². The number of carbonyl (C=O) groups is 2. The van der Waals surface area contributed by atoms with E-state index in [0.717, 1.165) is 25.9 Å². The third kappa shape index (κ3) is 3.01. The lowest BCUT2D eigenvalue weighted by atomic mass is 9.89. The molecular formula is C18H28N2O5. The van der Waals surface area contributed by atoms with Gasteiger partial charge in [0.05, 0.1) is 44.4 Å². The van der Waals surface area contributed by atoms with Crippen LogP contribution in [0, 0.1) is 17.8 Å². The second-order valence-corrected chi connectivity index (χ2v) is 7.64. The summed E-state index contributed by atoms with van der Waals surface area (Å²) in [4.78, 5) is 28.6. The van der Waals surface area contributed by atoms with E-state index in [-0.39, 0.29) is 30.1 Å². The van der Waals surface area contributed by atoms with Crippen LogP contribution in [0.4, 0.5) is 4.79 Å². The summed E-state index contributed by atoms with van der Waals surface area (Å²) in [6.07, 6.45) is 1.66. The molecule has 7 heteroatoms. The van der Waals surface area contributed by atoms with Crippen LogP contribution in [0.2, 0.25) is 0 Å². The van der Waals surface area contributed by atoms with Crippen LogP contribution in [-0.4, -0.2) is 79.5 Å². The molecule has 0 N–H and O–H groups in total. The van der Waals surface area contributed by atoms with Crippen LogP contribution in [0.3, 0.4) is 0 Å². The predicted molar refractivity (Wildman–Crippen MR) is 89.0 cm³/mol. The third-order valence-corrected chi connectivity index (χ3v) is 6.27. The van der Waals surface area contributed by atoms with Crippen molar-refractivity contribution >= 4 is 12.1 Å². The molecule has 3 saturated heterocycles. The Morgan fingerprint density at radius 3 is 2.12 bits per heavy atom. The van der Waals surface area contributed by atoms with Gasteiger partial charge in [-0.1, -0.05) is 0 Å². The minimum Gasteiger partial charge on any atom is -0.466 e. The van der Waals surface area contributed by atoms with Crippen LogP contribution in [-0.2, 0) is 19.0 Å². The number of hydrogen-bond donors (Lipinski definition) is 0. The van der Waals surface area contributed by atoms with Crippen molar-refractivity contribution in [1.29, 1.82) is 0 Å². The SMILES string of the molecule is CCOC(=O)C1[C@H]2CN(C3CC4COCC(C3)N4C(=O)OCC)C[C@@H]12. The summed E-state index contributed by atoms with van der Waals surface area (Å²) in [5.74, 6) is 1.05. The fourth-order valence-corrected chi connectivity index (χ4v) is 5.13. The van der Waals surface area contributed by atoms with Crippen molar-refractivity contribution in [3.8, 4) is 0 Å². The first kappa shape index (κ1) is 17.1. The number of morpholine rings is 1. The zero-order chi connectivity index (χ0) is 17.6. The second kappa shape index (κ2) is 6.76. The fourth-order valence-electron chi connectivity index (χ4n) is 5.13. The Bertz CT molecular complexity index is 516. The smallest absolute Gasteiger partial charge is 0.410 e. The molecule has 0 aromatic heterocycles. The summed E-state index contributed by atoms with van der Waals surface area (Å²) in [5, 5.41) is 0. The van der Waals surface area contributed by atoms with Gasteiger partial charge in [-0.15, -0.1) is 0 Å². The van der Waals surface area contributed by atoms with Gasteiger partial charge in [-0.3, -0.25) is 14.6 Å². The van der Waals surface area contributed by atoms with Crippen molar-refractivity contribution in [2.24, 2.45) is 17.8 Å². The van der Waals surface area contributed by atoms with Crippen molar-refractivity contribution in [2.75, 3.05) is 39.5 Å². The van der Waals surface area contributed by atoms with Crippen LogP contribution in [0.25, 0.3) is 0 Å². The van der Waals surface area contributed by atoms with E-state index in [1.165, 1.54) is 0 Å². The van der Waals surface area contributed by atoms with Crippen molar-refractivity contribution in [1.82, 2.24) is 9.80 Å². The van der Waals surface area contributed by atoms with E-state index in [9.17, 15) is 9.59 Å². The average Bonchev–Trinajstić information content (AvgIpc) is 3.08. The van der Waals surface area contributed by atoms with Crippen molar-refractivity contribution < 1.29 is 23.8 Å². The normalized spacial score (nSPS) is 39.7. The van der Waals surface area contributed by atoms with Gasteiger partial charge in [-0.25, -0.2) is 4.79 Å². The van der Waals surface area contributed by atoms with E-state index in [4.69, 9.17) is 14.2 Å². The molecule has 5 atom stereocenters. The Morgan fingerprint density at radius 2 is 1.56 bits per heavy atom. The monoisotopic (exact) mass is 352 g/mol. The van der Waals surface area contributed by atoms with E-state index in [2.05, 4.69) is 4.90 Å². The largest absolute Gasteiger partial charge is 0.466 e. The molecule has 7 nitrogen and oxygen atoms in total. The standard InChI is InChI=1S/C18H28N2O5/c1-3-24-17(21)16-14-7-19(8-15(14)16)11-5-12-9-23-10-13(6-11)20(12)18(22)25-4-2/h11-16H,3-10H2,1-2H3/t11?,12?,13?,14-,15+,16?. The van der Waals surface area contributed by atoms with Crippen LogP contribution in [0.5, 0.6) is 0 Å². The molecule has 0 spiro atoms. The van der Waals surface area contributed by atoms with Gasteiger partial charge < -0.3 is 14.2 Å². The van der Waals surface area contributed by atoms with E-state index in [1.54, 1.807) is 0 Å². The summed E-state index contributed by atoms with van der Waals surface area (Å²) >= 11 is 0. The third-order valence-electron chi connectivity index (χ3n) is 6.27. The van der Waals surface area contributed by atoms with Crippen molar-refractivity contribution in [2.45, 2.75) is 44.8 Å². The Balaban J connectivity index is 1.35. The number of likely N-dealkylation sites (tertiary alicyclic amines) is 1. The lowest BCUT2D eigenvalue weighted by Crippen LogP contribution is -2.62. The van der Waals surface area contributed by atoms with Gasteiger partial charge in [0, 0.05) is 19.1 Å². The molecule has 4 aliphatic rings. The van der Waals surface area contributed by atoms with E-state index in [0.29, 0.717) is 44.3 Å². The summed E-state index contributed by atoms with van der Waals surface area (Å²) in [6.45, 7) is 7.73. The Kier molecular flexibility index (Phi) is 4.62. The maximum Gasteiger partial charge on any atom is 0.410 e. The van der Waals surface area contributed by atoms with E-state index >= 15 is 0 Å². The average molecular weight is 352 g/mol. The molecule has 2 bridgehead atoms. The number of hydrogen-bond acceptors (Lipinski definition) is 6. The molecule has 25 heavy (non-hydrogen) atoms. The molecule has 4 fully saturated rings. The highest BCUT2D eigenvalue weighted by molar-refractivity contribution is 5.77. The molecule has 3 heterocycles. The van der Waals surface area contributed by atoms with E-state index < -0.39 is 0 Å². The highest BCUT2D eigenvalue weighted by Crippen LogP contribution is 2.53. The summed E-state index contributed by atoms with van der Waals surface area (Å²) in [5.41, 5.74) is 0. The predicted octanol–water partition coefficient (Wildman–Crippen LogP) is 1.12. The van der Waals surface area contributed by atoms with Gasteiger partial charge in [0.25, 0.3) is 0 Å². The van der Waals surface area contributed by atoms with Gasteiger partial charge in [-0.2, -0.15) is 0 Å². The molecule has 140 valence electrons. The topological polar surface area (TPSA) is 68.3 Å². The van der Waals surface area contributed by atoms with Gasteiger partial charge in [0.15, 0.2) is 0 Å². The second-order valence-electron chi connectivity index (χ2n) is 7.64. The van der Waals surface area contributed by atoms with Crippen LogP contribution < -0.4 is 0 Å². The molecule has 1 aliphatic carbocycles. The number of amides is 1. The van der Waals surface area contributed by atoms with Gasteiger partial charge in [-0.05, 0) is 38.5 Å². The first-order chi connectivity index (χ1) is 12.1. The van der Waals surface area contributed by atoms with Crippen LogP contribution in [0.15, 0.2) is 0 Å². The minimum absolute atomic E-state index is 0.0143. The molecule has 1 amide bonds. The van der Waals surface area contributed by atoms with Gasteiger partial charge in [0.1, 0.15) is 0 Å². The molecular weight excluding hydrogens is 324 g/mol. The lowest BCUT2D eigenvalue weighted by Gasteiger charge is -2.49. The number of ether oxygens (including phenoxy) is 3. The molecule has 0 aromatic rings. The zero-order valence-electron chi connectivity index (χ0n) is 15.1.